The van der Waals surface area contributed by atoms with E-state index in [1.54, 1.807) is 0 Å². The van der Waals surface area contributed by atoms with E-state index in [0.717, 1.165) is 11.1 Å². The van der Waals surface area contributed by atoms with Gasteiger partial charge in [-0.15, -0.1) is 0 Å². The summed E-state index contributed by atoms with van der Waals surface area (Å²) in [7, 11) is 0. The van der Waals surface area contributed by atoms with Crippen molar-refractivity contribution in [3.05, 3.63) is 59.2 Å². The highest BCUT2D eigenvalue weighted by molar-refractivity contribution is 5.65. The minimum Gasteiger partial charge on any atom is -0.392 e. The molecule has 0 unspecified atom stereocenters. The van der Waals surface area contributed by atoms with E-state index in [4.69, 9.17) is 5.11 Å². The van der Waals surface area contributed by atoms with Crippen LogP contribution in [0.5, 0.6) is 0 Å². The Hall–Kier alpha value is -1.60. The van der Waals surface area contributed by atoms with Gasteiger partial charge in [-0.1, -0.05) is 48.0 Å². The van der Waals surface area contributed by atoms with E-state index in [9.17, 15) is 0 Å². The zero-order chi connectivity index (χ0) is 11.5. The fraction of sp³-hybridized carbons (Fsp3) is 0.200. The summed E-state index contributed by atoms with van der Waals surface area (Å²) in [5.41, 5.74) is 5.84. The predicted molar refractivity (Wildman–Crippen MR) is 67.3 cm³/mol. The maximum absolute atomic E-state index is 9.12. The molecule has 1 N–H and O–H groups in total. The van der Waals surface area contributed by atoms with Gasteiger partial charge in [-0.3, -0.25) is 0 Å². The number of hydrogen-bond acceptors (Lipinski definition) is 1. The molecule has 0 atom stereocenters. The van der Waals surface area contributed by atoms with Gasteiger partial charge in [0.15, 0.2) is 0 Å². The smallest absolute Gasteiger partial charge is 0.0684 e. The van der Waals surface area contributed by atoms with E-state index in [1.807, 2.05) is 13.0 Å². The van der Waals surface area contributed by atoms with Crippen LogP contribution >= 0.6 is 0 Å². The van der Waals surface area contributed by atoms with Gasteiger partial charge in [-0.2, -0.15) is 0 Å². The van der Waals surface area contributed by atoms with E-state index >= 15 is 0 Å². The van der Waals surface area contributed by atoms with Crippen LogP contribution < -0.4 is 0 Å². The Morgan fingerprint density at radius 1 is 0.938 bits per heavy atom. The second-order valence-corrected chi connectivity index (χ2v) is 4.17. The van der Waals surface area contributed by atoms with Gasteiger partial charge in [-0.05, 0) is 36.1 Å². The SMILES string of the molecule is Cc1cccc(-c2ccc(CO)c(C)c2)c1. The first-order chi connectivity index (χ1) is 7.70. The summed E-state index contributed by atoms with van der Waals surface area (Å²) in [6, 6.07) is 14.6. The van der Waals surface area contributed by atoms with Crippen LogP contribution in [0.4, 0.5) is 0 Å². The maximum atomic E-state index is 9.12. The standard InChI is InChI=1S/C15H16O/c1-11-4-3-5-13(8-11)14-6-7-15(10-16)12(2)9-14/h3-9,16H,10H2,1-2H3. The van der Waals surface area contributed by atoms with Gasteiger partial charge >= 0.3 is 0 Å². The van der Waals surface area contributed by atoms with Gasteiger partial charge < -0.3 is 5.11 Å². The van der Waals surface area contributed by atoms with Crippen LogP contribution in [0.15, 0.2) is 42.5 Å². The number of aliphatic hydroxyl groups is 1. The van der Waals surface area contributed by atoms with Crippen molar-refractivity contribution in [3.8, 4) is 11.1 Å². The molecule has 0 aliphatic carbocycles. The molecule has 0 aromatic heterocycles. The van der Waals surface area contributed by atoms with Gasteiger partial charge in [-0.25, -0.2) is 0 Å². The van der Waals surface area contributed by atoms with Crippen LogP contribution in [-0.4, -0.2) is 5.11 Å². The lowest BCUT2D eigenvalue weighted by Crippen LogP contribution is -1.89. The van der Waals surface area contributed by atoms with Gasteiger partial charge in [0.25, 0.3) is 0 Å². The third kappa shape index (κ3) is 2.15. The van der Waals surface area contributed by atoms with Crippen molar-refractivity contribution in [2.24, 2.45) is 0 Å². The molecule has 2 aromatic rings. The number of aryl methyl sites for hydroxylation is 2. The molecule has 2 aromatic carbocycles. The van der Waals surface area contributed by atoms with Crippen LogP contribution in [0, 0.1) is 13.8 Å². The molecule has 0 amide bonds. The summed E-state index contributed by atoms with van der Waals surface area (Å²) in [5.74, 6) is 0. The van der Waals surface area contributed by atoms with Crippen LogP contribution in [-0.2, 0) is 6.61 Å². The van der Waals surface area contributed by atoms with E-state index in [-0.39, 0.29) is 6.61 Å². The molecule has 1 nitrogen and oxygen atoms in total. The molecule has 0 saturated carbocycles. The molecule has 2 rings (SSSR count). The molecule has 0 aliphatic heterocycles. The summed E-state index contributed by atoms with van der Waals surface area (Å²) in [6.07, 6.45) is 0. The molecular formula is C15H16O. The predicted octanol–water partition coefficient (Wildman–Crippen LogP) is 3.46. The zero-order valence-electron chi connectivity index (χ0n) is 9.70. The highest BCUT2D eigenvalue weighted by Crippen LogP contribution is 2.23. The van der Waals surface area contributed by atoms with Crippen molar-refractivity contribution in [1.82, 2.24) is 0 Å². The summed E-state index contributed by atoms with van der Waals surface area (Å²) in [5, 5.41) is 9.12. The zero-order valence-corrected chi connectivity index (χ0v) is 9.70. The third-order valence-corrected chi connectivity index (χ3v) is 2.86. The Morgan fingerprint density at radius 3 is 2.31 bits per heavy atom. The molecule has 0 radical (unpaired) electrons. The van der Waals surface area contributed by atoms with Gasteiger partial charge in [0.05, 0.1) is 6.61 Å². The fourth-order valence-electron chi connectivity index (χ4n) is 1.88. The van der Waals surface area contributed by atoms with E-state index < -0.39 is 0 Å². The first-order valence-electron chi connectivity index (χ1n) is 5.48. The highest BCUT2D eigenvalue weighted by Gasteiger charge is 2.01. The summed E-state index contributed by atoms with van der Waals surface area (Å²) in [4.78, 5) is 0. The van der Waals surface area contributed by atoms with Crippen molar-refractivity contribution >= 4 is 0 Å². The molecule has 0 fully saturated rings. The molecule has 0 aliphatic rings. The van der Waals surface area contributed by atoms with Crippen molar-refractivity contribution in [2.75, 3.05) is 0 Å². The summed E-state index contributed by atoms with van der Waals surface area (Å²) < 4.78 is 0. The maximum Gasteiger partial charge on any atom is 0.0684 e. The lowest BCUT2D eigenvalue weighted by atomic mass is 9.99. The topological polar surface area (TPSA) is 20.2 Å². The molecule has 0 bridgehead atoms. The molecule has 0 spiro atoms. The van der Waals surface area contributed by atoms with Gasteiger partial charge in [0.1, 0.15) is 0 Å². The first-order valence-corrected chi connectivity index (χ1v) is 5.48. The monoisotopic (exact) mass is 212 g/mol. The van der Waals surface area contributed by atoms with E-state index in [2.05, 4.69) is 43.3 Å². The van der Waals surface area contributed by atoms with E-state index in [0.29, 0.717) is 0 Å². The minimum atomic E-state index is 0.111. The quantitative estimate of drug-likeness (QED) is 0.808. The number of aliphatic hydroxyl groups excluding tert-OH is 1. The Morgan fingerprint density at radius 2 is 1.69 bits per heavy atom. The van der Waals surface area contributed by atoms with Crippen LogP contribution in [0.25, 0.3) is 11.1 Å². The van der Waals surface area contributed by atoms with Crippen molar-refractivity contribution < 1.29 is 5.11 Å². The Kier molecular flexibility index (Phi) is 3.07. The van der Waals surface area contributed by atoms with Crippen LogP contribution in [0.2, 0.25) is 0 Å². The largest absolute Gasteiger partial charge is 0.392 e. The molecular weight excluding hydrogens is 196 g/mol. The average Bonchev–Trinajstić information content (AvgIpc) is 2.29. The van der Waals surface area contributed by atoms with Crippen molar-refractivity contribution in [1.29, 1.82) is 0 Å². The van der Waals surface area contributed by atoms with Crippen LogP contribution in [0.3, 0.4) is 0 Å². The number of rotatable bonds is 2. The Bertz CT molecular complexity index is 501. The van der Waals surface area contributed by atoms with Crippen molar-refractivity contribution in [3.63, 3.8) is 0 Å². The molecule has 1 heteroatoms. The number of benzene rings is 2. The molecule has 82 valence electrons. The lowest BCUT2D eigenvalue weighted by Gasteiger charge is -2.07. The van der Waals surface area contributed by atoms with Crippen LogP contribution in [0.1, 0.15) is 16.7 Å². The van der Waals surface area contributed by atoms with Gasteiger partial charge in [0.2, 0.25) is 0 Å². The second kappa shape index (κ2) is 4.50. The Balaban J connectivity index is 2.45. The highest BCUT2D eigenvalue weighted by atomic mass is 16.3. The molecule has 16 heavy (non-hydrogen) atoms. The molecule has 0 heterocycles. The fourth-order valence-corrected chi connectivity index (χ4v) is 1.88. The lowest BCUT2D eigenvalue weighted by molar-refractivity contribution is 0.281. The third-order valence-electron chi connectivity index (χ3n) is 2.86. The summed E-state index contributed by atoms with van der Waals surface area (Å²) >= 11 is 0. The minimum absolute atomic E-state index is 0.111. The Labute approximate surface area is 96.4 Å². The van der Waals surface area contributed by atoms with Crippen molar-refractivity contribution in [2.45, 2.75) is 20.5 Å². The second-order valence-electron chi connectivity index (χ2n) is 4.17. The molecule has 0 saturated heterocycles. The summed E-state index contributed by atoms with van der Waals surface area (Å²) in [6.45, 7) is 4.24. The van der Waals surface area contributed by atoms with Gasteiger partial charge in [0, 0.05) is 0 Å². The number of hydrogen-bond donors (Lipinski definition) is 1. The van der Waals surface area contributed by atoms with E-state index in [1.165, 1.54) is 16.7 Å². The normalized spacial score (nSPS) is 10.4. The average molecular weight is 212 g/mol. The first kappa shape index (κ1) is 10.9.